The molecule has 0 aromatic heterocycles. The molecule has 0 saturated heterocycles. The predicted octanol–water partition coefficient (Wildman–Crippen LogP) is 2.26. The molecule has 0 spiro atoms. The fourth-order valence-corrected chi connectivity index (χ4v) is 1.86. The Hall–Kier alpha value is -0.840. The van der Waals surface area contributed by atoms with Gasteiger partial charge in [0.25, 0.3) is 0 Å². The van der Waals surface area contributed by atoms with E-state index in [1.165, 1.54) is 12.1 Å². The molecule has 2 rings (SSSR count). The molecule has 1 saturated carbocycles. The highest BCUT2D eigenvalue weighted by Gasteiger charge is 2.24. The molecule has 1 aliphatic carbocycles. The Labute approximate surface area is 104 Å². The van der Waals surface area contributed by atoms with Crippen LogP contribution >= 0.6 is 11.6 Å². The van der Waals surface area contributed by atoms with Gasteiger partial charge in [0.05, 0.1) is 24.3 Å². The van der Waals surface area contributed by atoms with Gasteiger partial charge in [-0.15, -0.1) is 0 Å². The van der Waals surface area contributed by atoms with Crippen molar-refractivity contribution < 1.29 is 14.2 Å². The second kappa shape index (κ2) is 5.21. The minimum absolute atomic E-state index is 0.199. The lowest BCUT2D eigenvalue weighted by molar-refractivity contribution is 0.256. The maximum atomic E-state index is 13.2. The number of hydrogen-bond acceptors (Lipinski definition) is 3. The van der Waals surface area contributed by atoms with Crippen LogP contribution in [0.15, 0.2) is 12.1 Å². The van der Waals surface area contributed by atoms with Gasteiger partial charge in [-0.25, -0.2) is 4.39 Å². The smallest absolute Gasteiger partial charge is 0.142 e. The maximum Gasteiger partial charge on any atom is 0.142 e. The van der Waals surface area contributed by atoms with Crippen molar-refractivity contribution in [3.63, 3.8) is 0 Å². The molecule has 1 fully saturated rings. The number of rotatable bonds is 5. The molecule has 0 heterocycles. The lowest BCUT2D eigenvalue weighted by atomic mass is 10.1. The average molecular weight is 260 g/mol. The van der Waals surface area contributed by atoms with E-state index in [2.05, 4.69) is 0 Å². The second-order valence-electron chi connectivity index (χ2n) is 4.35. The zero-order chi connectivity index (χ0) is 12.4. The summed E-state index contributed by atoms with van der Waals surface area (Å²) in [6.45, 7) is 0.288. The van der Waals surface area contributed by atoms with Crippen LogP contribution in [0.1, 0.15) is 24.4 Å². The minimum Gasteiger partial charge on any atom is -0.491 e. The van der Waals surface area contributed by atoms with Gasteiger partial charge in [0.2, 0.25) is 0 Å². The van der Waals surface area contributed by atoms with Crippen LogP contribution in [0.5, 0.6) is 5.75 Å². The Morgan fingerprint density at radius 3 is 2.82 bits per heavy atom. The topological polar surface area (TPSA) is 55.5 Å². The van der Waals surface area contributed by atoms with Crippen molar-refractivity contribution >= 4 is 11.6 Å². The zero-order valence-electron chi connectivity index (χ0n) is 9.33. The lowest BCUT2D eigenvalue weighted by Gasteiger charge is -2.16. The van der Waals surface area contributed by atoms with Crippen molar-refractivity contribution in [1.82, 2.24) is 0 Å². The first-order valence-electron chi connectivity index (χ1n) is 5.60. The van der Waals surface area contributed by atoms with E-state index in [1.54, 1.807) is 0 Å². The molecule has 1 aliphatic rings. The summed E-state index contributed by atoms with van der Waals surface area (Å²) < 4.78 is 18.8. The van der Waals surface area contributed by atoms with Crippen LogP contribution in [0.2, 0.25) is 5.02 Å². The van der Waals surface area contributed by atoms with E-state index < -0.39 is 11.9 Å². The van der Waals surface area contributed by atoms with Crippen LogP contribution in [-0.2, 0) is 0 Å². The second-order valence-corrected chi connectivity index (χ2v) is 4.76. The van der Waals surface area contributed by atoms with Gasteiger partial charge in [0.15, 0.2) is 0 Å². The Morgan fingerprint density at radius 2 is 2.24 bits per heavy atom. The summed E-state index contributed by atoms with van der Waals surface area (Å²) in [7, 11) is 0. The molecule has 0 amide bonds. The quantitative estimate of drug-likeness (QED) is 0.853. The number of aliphatic hydroxyl groups is 1. The highest BCUT2D eigenvalue weighted by molar-refractivity contribution is 6.32. The van der Waals surface area contributed by atoms with Crippen molar-refractivity contribution in [2.24, 2.45) is 11.7 Å². The van der Waals surface area contributed by atoms with Crippen LogP contribution < -0.4 is 10.5 Å². The summed E-state index contributed by atoms with van der Waals surface area (Å²) in [5, 5.41) is 9.24. The first-order valence-corrected chi connectivity index (χ1v) is 5.97. The zero-order valence-corrected chi connectivity index (χ0v) is 10.1. The molecular formula is C12H15ClFNO2. The van der Waals surface area contributed by atoms with Crippen LogP contribution in [0.25, 0.3) is 0 Å². The largest absolute Gasteiger partial charge is 0.491 e. The molecule has 0 bridgehead atoms. The molecule has 0 radical (unpaired) electrons. The van der Waals surface area contributed by atoms with Crippen LogP contribution in [-0.4, -0.2) is 18.3 Å². The van der Waals surface area contributed by atoms with Crippen molar-refractivity contribution in [2.75, 3.05) is 13.2 Å². The first-order chi connectivity index (χ1) is 8.11. The Bertz CT molecular complexity index is 410. The van der Waals surface area contributed by atoms with E-state index in [0.29, 0.717) is 23.8 Å². The summed E-state index contributed by atoms with van der Waals surface area (Å²) >= 11 is 5.94. The molecule has 5 heteroatoms. The summed E-state index contributed by atoms with van der Waals surface area (Å²) in [6, 6.07) is 1.77. The van der Waals surface area contributed by atoms with E-state index in [9.17, 15) is 4.39 Å². The Morgan fingerprint density at radius 1 is 1.53 bits per heavy atom. The lowest BCUT2D eigenvalue weighted by Crippen LogP contribution is -2.17. The maximum absolute atomic E-state index is 13.2. The number of nitrogens with two attached hydrogens (primary N) is 1. The Kier molecular flexibility index (Phi) is 3.86. The third-order valence-corrected chi connectivity index (χ3v) is 3.07. The molecular weight excluding hydrogens is 245 g/mol. The predicted molar refractivity (Wildman–Crippen MR) is 63.6 cm³/mol. The molecule has 94 valence electrons. The highest BCUT2D eigenvalue weighted by Crippen LogP contribution is 2.36. The minimum atomic E-state index is -0.683. The standard InChI is InChI=1S/C12H15ClFNO2/c13-10-4-8(14)3-9(11(15)5-16)12(10)17-6-7-1-2-7/h3-4,7,11,16H,1-2,5-6,15H2. The van der Waals surface area contributed by atoms with Crippen molar-refractivity contribution in [3.05, 3.63) is 28.5 Å². The summed E-state index contributed by atoms with van der Waals surface area (Å²) in [6.07, 6.45) is 2.31. The third-order valence-electron chi connectivity index (χ3n) is 2.79. The molecule has 3 nitrogen and oxygen atoms in total. The molecule has 1 atom stereocenters. The third kappa shape index (κ3) is 3.09. The molecule has 1 unspecified atom stereocenters. The van der Waals surface area contributed by atoms with E-state index in [-0.39, 0.29) is 11.6 Å². The Balaban J connectivity index is 2.24. The molecule has 1 aromatic carbocycles. The van der Waals surface area contributed by atoms with E-state index in [1.807, 2.05) is 0 Å². The van der Waals surface area contributed by atoms with Crippen molar-refractivity contribution in [2.45, 2.75) is 18.9 Å². The van der Waals surface area contributed by atoms with Crippen LogP contribution in [0.4, 0.5) is 4.39 Å². The summed E-state index contributed by atoms with van der Waals surface area (Å²) in [4.78, 5) is 0. The van der Waals surface area contributed by atoms with Gasteiger partial charge >= 0.3 is 0 Å². The van der Waals surface area contributed by atoms with Crippen molar-refractivity contribution in [3.8, 4) is 5.75 Å². The summed E-state index contributed by atoms with van der Waals surface area (Å²) in [5.74, 6) is 0.475. The fourth-order valence-electron chi connectivity index (χ4n) is 1.59. The van der Waals surface area contributed by atoms with E-state index in [0.717, 1.165) is 12.8 Å². The molecule has 0 aliphatic heterocycles. The highest BCUT2D eigenvalue weighted by atomic mass is 35.5. The number of halogens is 2. The van der Waals surface area contributed by atoms with Gasteiger partial charge in [0.1, 0.15) is 11.6 Å². The van der Waals surface area contributed by atoms with E-state index >= 15 is 0 Å². The monoisotopic (exact) mass is 259 g/mol. The average Bonchev–Trinajstić information content (AvgIpc) is 3.09. The number of aliphatic hydroxyl groups excluding tert-OH is 1. The van der Waals surface area contributed by atoms with Gasteiger partial charge in [-0.05, 0) is 30.9 Å². The van der Waals surface area contributed by atoms with Gasteiger partial charge < -0.3 is 15.6 Å². The van der Waals surface area contributed by atoms with Crippen molar-refractivity contribution in [1.29, 1.82) is 0 Å². The number of hydrogen-bond donors (Lipinski definition) is 2. The van der Waals surface area contributed by atoms with Gasteiger partial charge in [-0.1, -0.05) is 11.6 Å². The number of ether oxygens (including phenoxy) is 1. The molecule has 17 heavy (non-hydrogen) atoms. The first kappa shape index (κ1) is 12.6. The SMILES string of the molecule is NC(CO)c1cc(F)cc(Cl)c1OCC1CC1. The fraction of sp³-hybridized carbons (Fsp3) is 0.500. The van der Waals surface area contributed by atoms with Crippen LogP contribution in [0.3, 0.4) is 0 Å². The molecule has 3 N–H and O–H groups in total. The summed E-state index contributed by atoms with van der Waals surface area (Å²) in [5.41, 5.74) is 6.11. The number of benzene rings is 1. The normalized spacial score (nSPS) is 16.9. The van der Waals surface area contributed by atoms with Crippen LogP contribution in [0, 0.1) is 11.7 Å². The van der Waals surface area contributed by atoms with Gasteiger partial charge in [0, 0.05) is 5.56 Å². The molecule has 1 aromatic rings. The van der Waals surface area contributed by atoms with Gasteiger partial charge in [-0.2, -0.15) is 0 Å². The van der Waals surface area contributed by atoms with E-state index in [4.69, 9.17) is 27.2 Å². The van der Waals surface area contributed by atoms with Gasteiger partial charge in [-0.3, -0.25) is 0 Å².